The highest BCUT2D eigenvalue weighted by molar-refractivity contribution is 6.06. The maximum absolute atomic E-state index is 14.0. The van der Waals surface area contributed by atoms with Crippen molar-refractivity contribution >= 4 is 5.57 Å². The number of nitriles is 1. The number of alkyl halides is 3. The minimum absolute atomic E-state index is 0.0259. The fourth-order valence-electron chi connectivity index (χ4n) is 4.74. The topological polar surface area (TPSA) is 37.4 Å². The summed E-state index contributed by atoms with van der Waals surface area (Å²) in [6.07, 6.45) is -5.05. The van der Waals surface area contributed by atoms with Gasteiger partial charge in [-0.25, -0.2) is 18.9 Å². The summed E-state index contributed by atoms with van der Waals surface area (Å²) in [5.41, 5.74) is 3.57. The summed E-state index contributed by atoms with van der Waals surface area (Å²) in [5, 5.41) is 9.67. The van der Waals surface area contributed by atoms with Gasteiger partial charge in [-0.1, -0.05) is 30.3 Å². The number of hydrogen-bond donors (Lipinski definition) is 0. The third-order valence-electron chi connectivity index (χ3n) is 6.26. The van der Waals surface area contributed by atoms with E-state index in [0.29, 0.717) is 33.4 Å². The predicted octanol–water partition coefficient (Wildman–Crippen LogP) is 8.69. The molecule has 0 saturated heterocycles. The van der Waals surface area contributed by atoms with Crippen LogP contribution in [0.25, 0.3) is 43.8 Å². The van der Waals surface area contributed by atoms with Gasteiger partial charge in [-0.2, -0.15) is 0 Å². The molecule has 0 radical (unpaired) electrons. The standard InChI is InChI=1S/C30H15F5N2O/c1-16-9-25-23(12-21(16)17-5-3-7-19(31)10-17)24-13-22(18-6-4-8-20(32)11-18)28(38-30(33,34)35)14-26(24)29(25)27(15-36)37-2/h3-14H,1H3/b29-27+. The molecule has 8 heteroatoms. The molecule has 38 heavy (non-hydrogen) atoms. The van der Waals surface area contributed by atoms with Crippen molar-refractivity contribution in [2.24, 2.45) is 0 Å². The predicted molar refractivity (Wildman–Crippen MR) is 132 cm³/mol. The Bertz CT molecular complexity index is 1720. The van der Waals surface area contributed by atoms with E-state index in [1.54, 1.807) is 31.2 Å². The second-order valence-electron chi connectivity index (χ2n) is 8.62. The van der Waals surface area contributed by atoms with Crippen LogP contribution in [0.1, 0.15) is 16.7 Å². The minimum Gasteiger partial charge on any atom is -0.405 e. The Kier molecular flexibility index (Phi) is 5.97. The normalized spacial score (nSPS) is 13.3. The van der Waals surface area contributed by atoms with Gasteiger partial charge in [0.25, 0.3) is 5.70 Å². The summed E-state index contributed by atoms with van der Waals surface area (Å²) in [4.78, 5) is 3.31. The first-order valence-electron chi connectivity index (χ1n) is 11.2. The van der Waals surface area contributed by atoms with Crippen LogP contribution in [0.5, 0.6) is 5.75 Å². The molecule has 4 aromatic rings. The molecule has 4 aromatic carbocycles. The fourth-order valence-corrected chi connectivity index (χ4v) is 4.74. The van der Waals surface area contributed by atoms with Gasteiger partial charge >= 0.3 is 6.36 Å². The van der Waals surface area contributed by atoms with Crippen LogP contribution in [0.4, 0.5) is 22.0 Å². The van der Waals surface area contributed by atoms with Crippen molar-refractivity contribution in [1.29, 1.82) is 5.26 Å². The number of benzene rings is 4. The Morgan fingerprint density at radius 2 is 1.34 bits per heavy atom. The van der Waals surface area contributed by atoms with Crippen molar-refractivity contribution in [3.63, 3.8) is 0 Å². The quantitative estimate of drug-likeness (QED) is 0.137. The Hall–Kier alpha value is -4.95. The third-order valence-corrected chi connectivity index (χ3v) is 6.26. The number of nitrogens with zero attached hydrogens (tertiary/aromatic N) is 2. The van der Waals surface area contributed by atoms with Gasteiger partial charge in [0.05, 0.1) is 12.6 Å². The summed E-state index contributed by atoms with van der Waals surface area (Å²) >= 11 is 0. The number of ether oxygens (including phenoxy) is 1. The second kappa shape index (κ2) is 9.17. The highest BCUT2D eigenvalue weighted by Gasteiger charge is 2.35. The van der Waals surface area contributed by atoms with Gasteiger partial charge in [-0.3, -0.25) is 0 Å². The highest BCUT2D eigenvalue weighted by atomic mass is 19.4. The first-order valence-corrected chi connectivity index (χ1v) is 11.2. The van der Waals surface area contributed by atoms with Crippen molar-refractivity contribution in [2.45, 2.75) is 13.3 Å². The molecule has 0 aliphatic heterocycles. The van der Waals surface area contributed by atoms with Crippen molar-refractivity contribution in [2.75, 3.05) is 0 Å². The van der Waals surface area contributed by atoms with Gasteiger partial charge in [0.2, 0.25) is 0 Å². The lowest BCUT2D eigenvalue weighted by atomic mass is 9.93. The molecular formula is C30H15F5N2O. The van der Waals surface area contributed by atoms with E-state index in [0.717, 1.165) is 12.1 Å². The lowest BCUT2D eigenvalue weighted by molar-refractivity contribution is -0.274. The summed E-state index contributed by atoms with van der Waals surface area (Å²) in [5.74, 6) is -1.69. The molecule has 0 N–H and O–H groups in total. The van der Waals surface area contributed by atoms with Crippen molar-refractivity contribution < 1.29 is 26.7 Å². The van der Waals surface area contributed by atoms with E-state index < -0.39 is 23.7 Å². The third kappa shape index (κ3) is 4.38. The number of fused-ring (bicyclic) bond motifs is 3. The smallest absolute Gasteiger partial charge is 0.405 e. The van der Waals surface area contributed by atoms with Gasteiger partial charge in [0.15, 0.2) is 0 Å². The summed E-state index contributed by atoms with van der Waals surface area (Å²) < 4.78 is 72.6. The van der Waals surface area contributed by atoms with Gasteiger partial charge in [-0.05, 0) is 93.9 Å². The molecule has 186 valence electrons. The molecule has 0 unspecified atom stereocenters. The molecule has 0 atom stereocenters. The zero-order valence-corrected chi connectivity index (χ0v) is 19.6. The van der Waals surface area contributed by atoms with Crippen LogP contribution < -0.4 is 4.74 Å². The van der Waals surface area contributed by atoms with Crippen LogP contribution in [-0.4, -0.2) is 6.36 Å². The first kappa shape index (κ1) is 24.7. The molecule has 0 saturated carbocycles. The average molecular weight is 514 g/mol. The van der Waals surface area contributed by atoms with E-state index in [9.17, 15) is 27.2 Å². The lowest BCUT2D eigenvalue weighted by Crippen LogP contribution is -2.17. The Labute approximate surface area is 214 Å². The molecule has 3 nitrogen and oxygen atoms in total. The maximum Gasteiger partial charge on any atom is 0.573 e. The average Bonchev–Trinajstić information content (AvgIpc) is 3.15. The molecule has 1 aliphatic rings. The SMILES string of the molecule is [C-]#[N+]/C(C#N)=C1\c2cc(C)c(-c3cccc(F)c3)cc2-c2cc(-c3cccc(F)c3)c(OC(F)(F)F)cc21. The van der Waals surface area contributed by atoms with Crippen LogP contribution in [0, 0.1) is 36.5 Å². The zero-order valence-electron chi connectivity index (χ0n) is 19.6. The van der Waals surface area contributed by atoms with Crippen molar-refractivity contribution in [3.05, 3.63) is 118 Å². The lowest BCUT2D eigenvalue weighted by Gasteiger charge is -2.16. The summed E-state index contributed by atoms with van der Waals surface area (Å²) in [6.45, 7) is 9.29. The van der Waals surface area contributed by atoms with E-state index in [1.807, 2.05) is 6.07 Å². The van der Waals surface area contributed by atoms with Crippen LogP contribution >= 0.6 is 0 Å². The van der Waals surface area contributed by atoms with Gasteiger partial charge in [0, 0.05) is 11.1 Å². The largest absolute Gasteiger partial charge is 0.573 e. The van der Waals surface area contributed by atoms with E-state index in [2.05, 4.69) is 9.58 Å². The van der Waals surface area contributed by atoms with E-state index >= 15 is 0 Å². The van der Waals surface area contributed by atoms with E-state index in [4.69, 9.17) is 6.57 Å². The Morgan fingerprint density at radius 3 is 1.87 bits per heavy atom. The number of rotatable bonds is 3. The van der Waals surface area contributed by atoms with Crippen LogP contribution in [0.2, 0.25) is 0 Å². The van der Waals surface area contributed by atoms with Crippen molar-refractivity contribution in [3.8, 4) is 45.2 Å². The Balaban J connectivity index is 1.86. The van der Waals surface area contributed by atoms with Crippen molar-refractivity contribution in [1.82, 2.24) is 0 Å². The van der Waals surface area contributed by atoms with Gasteiger partial charge in [0.1, 0.15) is 17.4 Å². The van der Waals surface area contributed by atoms with Crippen LogP contribution in [-0.2, 0) is 0 Å². The van der Waals surface area contributed by atoms with Crippen LogP contribution in [0.3, 0.4) is 0 Å². The van der Waals surface area contributed by atoms with E-state index in [1.165, 1.54) is 36.4 Å². The Morgan fingerprint density at radius 1 is 0.789 bits per heavy atom. The number of allylic oxidation sites excluding steroid dienone is 1. The second-order valence-corrected chi connectivity index (χ2v) is 8.62. The van der Waals surface area contributed by atoms with Crippen LogP contribution in [0.15, 0.2) is 78.5 Å². The zero-order chi connectivity index (χ0) is 27.2. The van der Waals surface area contributed by atoms with Gasteiger partial charge < -0.3 is 4.74 Å². The monoisotopic (exact) mass is 514 g/mol. The molecule has 0 bridgehead atoms. The molecule has 1 aliphatic carbocycles. The molecule has 0 heterocycles. The molecule has 0 amide bonds. The van der Waals surface area contributed by atoms with E-state index in [-0.39, 0.29) is 28.0 Å². The molecule has 5 rings (SSSR count). The van der Waals surface area contributed by atoms with Gasteiger partial charge in [-0.15, -0.1) is 13.2 Å². The first-order chi connectivity index (χ1) is 18.1. The molecular weight excluding hydrogens is 499 g/mol. The maximum atomic E-state index is 14.0. The summed E-state index contributed by atoms with van der Waals surface area (Å²) in [7, 11) is 0. The number of halogens is 5. The molecule has 0 fully saturated rings. The fraction of sp³-hybridized carbons (Fsp3) is 0.0667. The molecule has 0 aromatic heterocycles. The number of hydrogen-bond acceptors (Lipinski definition) is 2. The minimum atomic E-state index is -5.05. The summed E-state index contributed by atoms with van der Waals surface area (Å²) in [6, 6.07) is 18.9. The highest BCUT2D eigenvalue weighted by Crippen LogP contribution is 2.52. The molecule has 0 spiro atoms. The number of aryl methyl sites for hydroxylation is 1.